The van der Waals surface area contributed by atoms with Gasteiger partial charge in [-0.25, -0.2) is 4.79 Å². The Morgan fingerprint density at radius 3 is 2.21 bits per heavy atom. The van der Waals surface area contributed by atoms with Crippen molar-refractivity contribution in [2.45, 2.75) is 6.92 Å². The van der Waals surface area contributed by atoms with Crippen LogP contribution in [0.1, 0.15) is 17.3 Å². The third-order valence-corrected chi connectivity index (χ3v) is 7.90. The molecular formula is C33H41N5O5. The summed E-state index contributed by atoms with van der Waals surface area (Å²) in [7, 11) is 1.67. The lowest BCUT2D eigenvalue weighted by Gasteiger charge is -2.37. The number of rotatable bonds is 10. The van der Waals surface area contributed by atoms with E-state index in [1.807, 2.05) is 60.4 Å². The van der Waals surface area contributed by atoms with Crippen LogP contribution >= 0.6 is 0 Å². The second-order valence-electron chi connectivity index (χ2n) is 10.5. The highest BCUT2D eigenvalue weighted by atomic mass is 16.5. The van der Waals surface area contributed by atoms with E-state index in [0.717, 1.165) is 62.0 Å². The standard InChI is InChI=1S/C33H41N5O5/c1-3-42-31-10-5-4-9-30(31)34-33(40)43-24-23-35-15-17-37(18-16-35)28-8-6-7-26(25-28)32(39)38-21-19-36(20-22-38)27-11-13-29(41-2)14-12-27/h4-14,25H,3,15-24H2,1-2H3,(H,34,40). The molecule has 1 N–H and O–H groups in total. The van der Waals surface area contributed by atoms with Gasteiger partial charge in [-0.15, -0.1) is 0 Å². The predicted molar refractivity (Wildman–Crippen MR) is 169 cm³/mol. The molecule has 10 heteroatoms. The minimum absolute atomic E-state index is 0.0779. The number of amides is 2. The van der Waals surface area contributed by atoms with Gasteiger partial charge in [0.15, 0.2) is 0 Å². The van der Waals surface area contributed by atoms with E-state index >= 15 is 0 Å². The topological polar surface area (TPSA) is 86.8 Å². The van der Waals surface area contributed by atoms with Crippen LogP contribution in [0.25, 0.3) is 0 Å². The summed E-state index contributed by atoms with van der Waals surface area (Å²) < 4.78 is 16.2. The Balaban J connectivity index is 1.05. The Labute approximate surface area is 253 Å². The average Bonchev–Trinajstić information content (AvgIpc) is 3.06. The van der Waals surface area contributed by atoms with Gasteiger partial charge in [0, 0.05) is 75.8 Å². The molecule has 2 saturated heterocycles. The highest BCUT2D eigenvalue weighted by molar-refractivity contribution is 5.95. The summed E-state index contributed by atoms with van der Waals surface area (Å²) in [5, 5.41) is 2.76. The van der Waals surface area contributed by atoms with Crippen LogP contribution in [0.3, 0.4) is 0 Å². The largest absolute Gasteiger partial charge is 0.497 e. The molecule has 0 bridgehead atoms. The van der Waals surface area contributed by atoms with Crippen LogP contribution in [0.5, 0.6) is 11.5 Å². The number of nitrogens with zero attached hydrogens (tertiary/aromatic N) is 4. The van der Waals surface area contributed by atoms with Crippen molar-refractivity contribution >= 4 is 29.1 Å². The zero-order chi connectivity index (χ0) is 30.0. The number of hydrogen-bond acceptors (Lipinski definition) is 8. The van der Waals surface area contributed by atoms with E-state index in [4.69, 9.17) is 14.2 Å². The lowest BCUT2D eigenvalue weighted by atomic mass is 10.1. The van der Waals surface area contributed by atoms with Crippen LogP contribution in [0.15, 0.2) is 72.8 Å². The molecule has 2 heterocycles. The highest BCUT2D eigenvalue weighted by Crippen LogP contribution is 2.25. The van der Waals surface area contributed by atoms with E-state index in [1.165, 1.54) is 0 Å². The zero-order valence-corrected chi connectivity index (χ0v) is 25.0. The number of ether oxygens (including phenoxy) is 3. The summed E-state index contributed by atoms with van der Waals surface area (Å²) in [4.78, 5) is 34.5. The Bertz CT molecular complexity index is 1350. The van der Waals surface area contributed by atoms with Crippen LogP contribution in [-0.2, 0) is 4.74 Å². The average molecular weight is 588 g/mol. The van der Waals surface area contributed by atoms with Gasteiger partial charge < -0.3 is 28.9 Å². The summed E-state index contributed by atoms with van der Waals surface area (Å²) in [6.45, 7) is 9.73. The molecule has 0 unspecified atom stereocenters. The molecule has 2 amide bonds. The number of carbonyl (C=O) groups excluding carboxylic acids is 2. The lowest BCUT2D eigenvalue weighted by Crippen LogP contribution is -2.49. The molecule has 0 aliphatic carbocycles. The number of methoxy groups -OCH3 is 1. The number of carbonyl (C=O) groups is 2. The third kappa shape index (κ3) is 7.90. The molecule has 0 aromatic heterocycles. The molecule has 0 radical (unpaired) electrons. The van der Waals surface area contributed by atoms with Crippen LogP contribution in [0, 0.1) is 0 Å². The Kier molecular flexibility index (Phi) is 10.2. The summed E-state index contributed by atoms with van der Waals surface area (Å²) in [5.74, 6) is 1.54. The lowest BCUT2D eigenvalue weighted by molar-refractivity contribution is 0.0746. The van der Waals surface area contributed by atoms with Gasteiger partial charge >= 0.3 is 6.09 Å². The molecule has 3 aromatic rings. The first-order valence-electron chi connectivity index (χ1n) is 15.0. The molecule has 2 aliphatic heterocycles. The number of piperazine rings is 2. The maximum Gasteiger partial charge on any atom is 0.411 e. The first kappa shape index (κ1) is 30.0. The van der Waals surface area contributed by atoms with Crippen molar-refractivity contribution in [2.24, 2.45) is 0 Å². The quantitative estimate of drug-likeness (QED) is 0.373. The Hall–Kier alpha value is -4.44. The fourth-order valence-electron chi connectivity index (χ4n) is 5.47. The van der Waals surface area contributed by atoms with Crippen molar-refractivity contribution in [3.05, 3.63) is 78.4 Å². The van der Waals surface area contributed by atoms with E-state index in [9.17, 15) is 9.59 Å². The molecule has 5 rings (SSSR count). The van der Waals surface area contributed by atoms with Crippen molar-refractivity contribution in [2.75, 3.05) is 94.3 Å². The first-order chi connectivity index (χ1) is 21.0. The molecule has 0 spiro atoms. The van der Waals surface area contributed by atoms with Crippen molar-refractivity contribution in [1.82, 2.24) is 9.80 Å². The monoisotopic (exact) mass is 587 g/mol. The fourth-order valence-corrected chi connectivity index (χ4v) is 5.47. The second-order valence-corrected chi connectivity index (χ2v) is 10.5. The van der Waals surface area contributed by atoms with E-state index < -0.39 is 6.09 Å². The van der Waals surface area contributed by atoms with Gasteiger partial charge in [-0.3, -0.25) is 15.0 Å². The maximum absolute atomic E-state index is 13.4. The number of para-hydroxylation sites is 2. The van der Waals surface area contributed by atoms with Gasteiger partial charge in [-0.2, -0.15) is 0 Å². The number of hydrogen-bond donors (Lipinski definition) is 1. The van der Waals surface area contributed by atoms with Gasteiger partial charge in [-0.05, 0) is 61.5 Å². The van der Waals surface area contributed by atoms with E-state index in [1.54, 1.807) is 13.2 Å². The zero-order valence-electron chi connectivity index (χ0n) is 25.0. The Morgan fingerprint density at radius 2 is 1.49 bits per heavy atom. The maximum atomic E-state index is 13.4. The highest BCUT2D eigenvalue weighted by Gasteiger charge is 2.24. The van der Waals surface area contributed by atoms with Crippen molar-refractivity contribution in [3.8, 4) is 11.5 Å². The van der Waals surface area contributed by atoms with Gasteiger partial charge in [-0.1, -0.05) is 18.2 Å². The van der Waals surface area contributed by atoms with Crippen molar-refractivity contribution in [3.63, 3.8) is 0 Å². The van der Waals surface area contributed by atoms with Gasteiger partial charge in [0.2, 0.25) is 0 Å². The molecular weight excluding hydrogens is 546 g/mol. The molecule has 3 aromatic carbocycles. The minimum Gasteiger partial charge on any atom is -0.497 e. The van der Waals surface area contributed by atoms with Crippen LogP contribution < -0.4 is 24.6 Å². The minimum atomic E-state index is -0.491. The summed E-state index contributed by atoms with van der Waals surface area (Å²) in [6.07, 6.45) is -0.491. The fraction of sp³-hybridized carbons (Fsp3) is 0.394. The summed E-state index contributed by atoms with van der Waals surface area (Å²) in [6, 6.07) is 23.3. The van der Waals surface area contributed by atoms with Crippen LogP contribution in [0.2, 0.25) is 0 Å². The second kappa shape index (κ2) is 14.6. The van der Waals surface area contributed by atoms with Crippen molar-refractivity contribution in [1.29, 1.82) is 0 Å². The molecule has 0 atom stereocenters. The summed E-state index contributed by atoms with van der Waals surface area (Å²) in [5.41, 5.74) is 3.53. The van der Waals surface area contributed by atoms with Gasteiger partial charge in [0.05, 0.1) is 19.4 Å². The smallest absolute Gasteiger partial charge is 0.411 e. The van der Waals surface area contributed by atoms with Crippen molar-refractivity contribution < 1.29 is 23.8 Å². The number of anilines is 3. The first-order valence-corrected chi connectivity index (χ1v) is 15.0. The normalized spacial score (nSPS) is 15.6. The van der Waals surface area contributed by atoms with Crippen LogP contribution in [0.4, 0.5) is 21.9 Å². The third-order valence-electron chi connectivity index (χ3n) is 7.90. The summed E-state index contributed by atoms with van der Waals surface area (Å²) >= 11 is 0. The van der Waals surface area contributed by atoms with E-state index in [2.05, 4.69) is 38.2 Å². The van der Waals surface area contributed by atoms with Gasteiger partial charge in [0.25, 0.3) is 5.91 Å². The number of nitrogens with one attached hydrogen (secondary N) is 1. The van der Waals surface area contributed by atoms with E-state index in [0.29, 0.717) is 44.3 Å². The molecule has 10 nitrogen and oxygen atoms in total. The van der Waals surface area contributed by atoms with E-state index in [-0.39, 0.29) is 5.91 Å². The van der Waals surface area contributed by atoms with Crippen LogP contribution in [-0.4, -0.2) is 101 Å². The van der Waals surface area contributed by atoms with Gasteiger partial charge in [0.1, 0.15) is 18.1 Å². The molecule has 228 valence electrons. The SMILES string of the molecule is CCOc1ccccc1NC(=O)OCCN1CCN(c2cccc(C(=O)N3CCN(c4ccc(OC)cc4)CC3)c2)CC1. The number of benzene rings is 3. The molecule has 2 aliphatic rings. The molecule has 0 saturated carbocycles. The Morgan fingerprint density at radius 1 is 0.791 bits per heavy atom. The predicted octanol–water partition coefficient (Wildman–Crippen LogP) is 4.43. The molecule has 2 fully saturated rings. The molecule has 43 heavy (non-hydrogen) atoms.